The number of hydrogen-bond donors (Lipinski definition) is 1. The van der Waals surface area contributed by atoms with Crippen LogP contribution in [0.3, 0.4) is 0 Å². The van der Waals surface area contributed by atoms with Crippen LogP contribution in [0.4, 0.5) is 18.9 Å². The van der Waals surface area contributed by atoms with Crippen molar-refractivity contribution in [2.75, 3.05) is 11.4 Å². The Bertz CT molecular complexity index is 910. The molecule has 25 heavy (non-hydrogen) atoms. The largest absolute Gasteiger partial charge is 0.437 e. The number of hydrogen-bond acceptors (Lipinski definition) is 2. The van der Waals surface area contributed by atoms with Crippen LogP contribution in [-0.2, 0) is 24.4 Å². The number of nitrogens with one attached hydrogen (secondary N) is 1. The molecule has 1 amide bonds. The van der Waals surface area contributed by atoms with Crippen molar-refractivity contribution in [2.24, 2.45) is 7.05 Å². The lowest BCUT2D eigenvalue weighted by Gasteiger charge is -2.18. The zero-order valence-electron chi connectivity index (χ0n) is 13.8. The molecule has 8 heteroatoms. The van der Waals surface area contributed by atoms with Crippen LogP contribution in [0.1, 0.15) is 17.0 Å². The van der Waals surface area contributed by atoms with Crippen LogP contribution >= 0.6 is 0 Å². The number of anilines is 1. The number of H-pyrrole nitrogens is 1. The van der Waals surface area contributed by atoms with Crippen molar-refractivity contribution in [3.8, 4) is 0 Å². The number of amides is 1. The number of benzene rings is 1. The topological polar surface area (TPSA) is 53.9 Å². The zero-order chi connectivity index (χ0) is 18.2. The zero-order valence-corrected chi connectivity index (χ0v) is 13.8. The molecule has 0 aliphatic rings. The molecule has 0 aliphatic heterocycles. The first-order valence-electron chi connectivity index (χ1n) is 7.70. The van der Waals surface area contributed by atoms with Gasteiger partial charge in [0.2, 0.25) is 6.41 Å². The van der Waals surface area contributed by atoms with Crippen molar-refractivity contribution in [1.29, 1.82) is 0 Å². The van der Waals surface area contributed by atoms with Crippen molar-refractivity contribution < 1.29 is 18.0 Å². The number of carbonyl (C=O) groups excluding carboxylic acids is 1. The summed E-state index contributed by atoms with van der Waals surface area (Å²) < 4.78 is 40.4. The van der Waals surface area contributed by atoms with Gasteiger partial charge in [0.1, 0.15) is 0 Å². The molecule has 0 spiro atoms. The smallest absolute Gasteiger partial charge is 0.358 e. The minimum Gasteiger partial charge on any atom is -0.358 e. The fraction of sp³-hybridized carbons (Fsp3) is 0.294. The van der Waals surface area contributed by atoms with Crippen molar-refractivity contribution >= 4 is 23.0 Å². The molecule has 2 heterocycles. The first-order valence-corrected chi connectivity index (χ1v) is 7.70. The number of para-hydroxylation sites is 1. The van der Waals surface area contributed by atoms with Gasteiger partial charge in [-0.2, -0.15) is 18.3 Å². The van der Waals surface area contributed by atoms with Gasteiger partial charge in [0.05, 0.1) is 5.69 Å². The molecule has 0 bridgehead atoms. The van der Waals surface area contributed by atoms with Gasteiger partial charge in [-0.25, -0.2) is 0 Å². The molecule has 0 fully saturated rings. The number of alkyl halides is 3. The quantitative estimate of drug-likeness (QED) is 0.717. The van der Waals surface area contributed by atoms with Gasteiger partial charge in [0, 0.05) is 36.4 Å². The summed E-state index contributed by atoms with van der Waals surface area (Å²) in [7, 11) is 1.39. The Morgan fingerprint density at radius 3 is 2.72 bits per heavy atom. The second kappa shape index (κ2) is 6.27. The average molecular weight is 350 g/mol. The molecule has 0 atom stereocenters. The molecular weight excluding hydrogens is 333 g/mol. The Hall–Kier alpha value is -2.77. The Labute approximate surface area is 142 Å². The summed E-state index contributed by atoms with van der Waals surface area (Å²) in [6, 6.07) is 7.70. The van der Waals surface area contributed by atoms with Crippen LogP contribution in [-0.4, -0.2) is 27.7 Å². The van der Waals surface area contributed by atoms with Crippen molar-refractivity contribution in [3.05, 3.63) is 47.4 Å². The first kappa shape index (κ1) is 17.1. The summed E-state index contributed by atoms with van der Waals surface area (Å²) in [5.41, 5.74) is 1.60. The molecule has 3 rings (SSSR count). The molecule has 0 aliphatic carbocycles. The highest BCUT2D eigenvalue weighted by Gasteiger charge is 2.38. The maximum Gasteiger partial charge on any atom is 0.437 e. The van der Waals surface area contributed by atoms with Gasteiger partial charge >= 0.3 is 6.18 Å². The van der Waals surface area contributed by atoms with Gasteiger partial charge < -0.3 is 9.88 Å². The maximum absolute atomic E-state index is 13.1. The Morgan fingerprint density at radius 2 is 2.04 bits per heavy atom. The van der Waals surface area contributed by atoms with E-state index in [-0.39, 0.29) is 12.2 Å². The predicted octanol–water partition coefficient (Wildman–Crippen LogP) is 3.43. The van der Waals surface area contributed by atoms with Crippen molar-refractivity contribution in [3.63, 3.8) is 0 Å². The molecule has 0 saturated carbocycles. The molecule has 132 valence electrons. The van der Waals surface area contributed by atoms with Crippen LogP contribution in [0.15, 0.2) is 30.5 Å². The normalized spacial score (nSPS) is 11.9. The number of fused-ring (bicyclic) bond motifs is 1. The van der Waals surface area contributed by atoms with Crippen LogP contribution in [0.2, 0.25) is 0 Å². The third-order valence-corrected chi connectivity index (χ3v) is 4.14. The fourth-order valence-corrected chi connectivity index (χ4v) is 3.01. The predicted molar refractivity (Wildman–Crippen MR) is 88.4 cm³/mol. The van der Waals surface area contributed by atoms with E-state index in [0.29, 0.717) is 12.8 Å². The van der Waals surface area contributed by atoms with E-state index in [1.165, 1.54) is 13.2 Å². The second-order valence-electron chi connectivity index (χ2n) is 5.86. The lowest BCUT2D eigenvalue weighted by atomic mass is 10.1. The van der Waals surface area contributed by atoms with Gasteiger partial charge in [-0.05, 0) is 25.0 Å². The van der Waals surface area contributed by atoms with E-state index >= 15 is 0 Å². The monoisotopic (exact) mass is 350 g/mol. The van der Waals surface area contributed by atoms with Crippen LogP contribution in [0, 0.1) is 6.92 Å². The van der Waals surface area contributed by atoms with E-state index in [4.69, 9.17) is 0 Å². The number of nitrogens with zero attached hydrogens (tertiary/aromatic N) is 3. The van der Waals surface area contributed by atoms with E-state index in [1.54, 1.807) is 0 Å². The molecule has 0 radical (unpaired) electrons. The van der Waals surface area contributed by atoms with E-state index in [9.17, 15) is 18.0 Å². The highest BCUT2D eigenvalue weighted by Crippen LogP contribution is 2.35. The number of carbonyl (C=O) groups is 1. The molecule has 1 N–H and O–H groups in total. The van der Waals surface area contributed by atoms with Crippen molar-refractivity contribution in [2.45, 2.75) is 19.5 Å². The molecule has 5 nitrogen and oxygen atoms in total. The number of aromatic amines is 1. The van der Waals surface area contributed by atoms with Gasteiger partial charge in [-0.1, -0.05) is 18.2 Å². The van der Waals surface area contributed by atoms with Crippen LogP contribution in [0.25, 0.3) is 10.9 Å². The van der Waals surface area contributed by atoms with Gasteiger partial charge in [-0.15, -0.1) is 0 Å². The van der Waals surface area contributed by atoms with E-state index in [2.05, 4.69) is 10.1 Å². The average Bonchev–Trinajstić information content (AvgIpc) is 3.08. The van der Waals surface area contributed by atoms with Gasteiger partial charge in [-0.3, -0.25) is 9.48 Å². The lowest BCUT2D eigenvalue weighted by molar-refractivity contribution is -0.141. The van der Waals surface area contributed by atoms with E-state index in [0.717, 1.165) is 31.7 Å². The molecule has 0 unspecified atom stereocenters. The maximum atomic E-state index is 13.1. The fourth-order valence-electron chi connectivity index (χ4n) is 3.01. The molecule has 3 aromatic rings. The minimum atomic E-state index is -4.62. The summed E-state index contributed by atoms with van der Waals surface area (Å²) >= 11 is 0. The van der Waals surface area contributed by atoms with Crippen LogP contribution < -0.4 is 4.90 Å². The summed E-state index contributed by atoms with van der Waals surface area (Å²) in [6.07, 6.45) is -2.56. The number of aromatic nitrogens is 3. The highest BCUT2D eigenvalue weighted by molar-refractivity contribution is 5.85. The number of halogens is 3. The third-order valence-electron chi connectivity index (χ3n) is 4.14. The highest BCUT2D eigenvalue weighted by atomic mass is 19.4. The Kier molecular flexibility index (Phi) is 4.28. The SMILES string of the molecule is Cc1[nH]c2ccccc2c1CCN(C=O)c1cn(C)nc1C(F)(F)F. The Balaban J connectivity index is 1.89. The van der Waals surface area contributed by atoms with E-state index < -0.39 is 11.9 Å². The van der Waals surface area contributed by atoms with Gasteiger partial charge in [0.15, 0.2) is 5.69 Å². The molecule has 0 saturated heterocycles. The summed E-state index contributed by atoms with van der Waals surface area (Å²) in [5.74, 6) is 0. The van der Waals surface area contributed by atoms with Gasteiger partial charge in [0.25, 0.3) is 0 Å². The van der Waals surface area contributed by atoms with Crippen molar-refractivity contribution in [1.82, 2.24) is 14.8 Å². The third kappa shape index (κ3) is 3.24. The van der Waals surface area contributed by atoms with E-state index in [1.807, 2.05) is 31.2 Å². The molecule has 1 aromatic carbocycles. The molecule has 2 aromatic heterocycles. The summed E-state index contributed by atoms with van der Waals surface area (Å²) in [6.45, 7) is 2.03. The second-order valence-corrected chi connectivity index (χ2v) is 5.86. The summed E-state index contributed by atoms with van der Waals surface area (Å²) in [5, 5.41) is 4.46. The molecular formula is C17H17F3N4O. The summed E-state index contributed by atoms with van der Waals surface area (Å²) in [4.78, 5) is 15.7. The number of rotatable bonds is 5. The van der Waals surface area contributed by atoms with Crippen LogP contribution in [0.5, 0.6) is 0 Å². The lowest BCUT2D eigenvalue weighted by Crippen LogP contribution is -2.26. The minimum absolute atomic E-state index is 0.126. The number of aryl methyl sites for hydroxylation is 2. The first-order chi connectivity index (χ1) is 11.8. The standard InChI is InChI=1S/C17H17F3N4O/c1-11-12(13-5-3-4-6-14(13)21-11)7-8-24(10-25)15-9-23(2)22-16(15)17(18,19)20/h3-6,9-10,21H,7-8H2,1-2H3. The Morgan fingerprint density at radius 1 is 1.32 bits per heavy atom.